The van der Waals surface area contributed by atoms with E-state index in [0.29, 0.717) is 48.3 Å². The van der Waals surface area contributed by atoms with Crippen LogP contribution in [0.1, 0.15) is 36.8 Å². The van der Waals surface area contributed by atoms with E-state index < -0.39 is 5.97 Å². The van der Waals surface area contributed by atoms with Crippen LogP contribution in [0.3, 0.4) is 0 Å². The van der Waals surface area contributed by atoms with Gasteiger partial charge in [0.05, 0.1) is 31.1 Å². The molecular weight excluding hydrogens is 402 g/mol. The Labute approximate surface area is 180 Å². The van der Waals surface area contributed by atoms with E-state index in [4.69, 9.17) is 18.9 Å². The summed E-state index contributed by atoms with van der Waals surface area (Å²) in [6, 6.07) is 13.1. The van der Waals surface area contributed by atoms with Gasteiger partial charge in [0.25, 0.3) is 0 Å². The van der Waals surface area contributed by atoms with Gasteiger partial charge in [0.1, 0.15) is 11.6 Å². The summed E-state index contributed by atoms with van der Waals surface area (Å²) < 4.78 is 22.5. The second kappa shape index (κ2) is 10.6. The molecule has 0 unspecified atom stereocenters. The van der Waals surface area contributed by atoms with Crippen molar-refractivity contribution in [1.29, 1.82) is 0 Å². The van der Waals surface area contributed by atoms with Crippen LogP contribution in [0.5, 0.6) is 17.2 Å². The van der Waals surface area contributed by atoms with Crippen molar-refractivity contribution in [3.8, 4) is 27.8 Å². The first-order chi connectivity index (χ1) is 14.7. The molecule has 0 aliphatic heterocycles. The minimum Gasteiger partial charge on any atom is -0.490 e. The van der Waals surface area contributed by atoms with Crippen molar-refractivity contribution in [2.24, 2.45) is 0 Å². The highest BCUT2D eigenvalue weighted by atomic mass is 32.1. The Morgan fingerprint density at radius 2 is 1.57 bits per heavy atom. The highest BCUT2D eigenvalue weighted by Gasteiger charge is 2.19. The van der Waals surface area contributed by atoms with E-state index in [1.807, 2.05) is 56.5 Å². The van der Waals surface area contributed by atoms with Crippen molar-refractivity contribution in [2.75, 3.05) is 19.8 Å². The molecule has 0 N–H and O–H groups in total. The van der Waals surface area contributed by atoms with Gasteiger partial charge >= 0.3 is 5.97 Å². The molecule has 6 nitrogen and oxygen atoms in total. The fraction of sp³-hybridized carbons (Fsp3) is 0.304. The third-order valence-electron chi connectivity index (χ3n) is 4.07. The van der Waals surface area contributed by atoms with Crippen LogP contribution in [-0.2, 0) is 11.3 Å². The van der Waals surface area contributed by atoms with Crippen LogP contribution in [0.4, 0.5) is 0 Å². The maximum absolute atomic E-state index is 12.7. The fourth-order valence-electron chi connectivity index (χ4n) is 2.82. The molecule has 0 saturated heterocycles. The topological polar surface area (TPSA) is 66.9 Å². The lowest BCUT2D eigenvalue weighted by Gasteiger charge is -2.16. The Morgan fingerprint density at radius 1 is 0.933 bits per heavy atom. The molecule has 1 heterocycles. The number of esters is 1. The molecule has 2 aromatic carbocycles. The summed E-state index contributed by atoms with van der Waals surface area (Å²) >= 11 is 1.52. The Hall–Kier alpha value is -3.06. The molecule has 0 amide bonds. The zero-order chi connectivity index (χ0) is 21.3. The van der Waals surface area contributed by atoms with Crippen molar-refractivity contribution < 1.29 is 23.7 Å². The quantitative estimate of drug-likeness (QED) is 0.406. The fourth-order valence-corrected chi connectivity index (χ4v) is 3.63. The van der Waals surface area contributed by atoms with Gasteiger partial charge in [-0.15, -0.1) is 11.3 Å². The van der Waals surface area contributed by atoms with Gasteiger partial charge < -0.3 is 18.9 Å². The molecule has 3 aromatic rings. The van der Waals surface area contributed by atoms with Gasteiger partial charge in [0, 0.05) is 10.9 Å². The average Bonchev–Trinajstić information content (AvgIpc) is 3.24. The first-order valence-electron chi connectivity index (χ1n) is 9.89. The molecule has 7 heteroatoms. The maximum Gasteiger partial charge on any atom is 0.338 e. The largest absolute Gasteiger partial charge is 0.490 e. The van der Waals surface area contributed by atoms with Crippen molar-refractivity contribution in [3.63, 3.8) is 0 Å². The average molecular weight is 428 g/mol. The molecule has 0 aliphatic carbocycles. The van der Waals surface area contributed by atoms with Crippen LogP contribution in [0.2, 0.25) is 0 Å². The van der Waals surface area contributed by atoms with Crippen LogP contribution in [0.25, 0.3) is 10.6 Å². The molecular formula is C23H25NO5S. The lowest BCUT2D eigenvalue weighted by molar-refractivity contribution is 0.0467. The molecule has 0 aliphatic rings. The number of nitrogens with zero attached hydrogens (tertiary/aromatic N) is 1. The monoisotopic (exact) mass is 427 g/mol. The van der Waals surface area contributed by atoms with Crippen LogP contribution in [0.15, 0.2) is 47.8 Å². The van der Waals surface area contributed by atoms with Gasteiger partial charge in [-0.25, -0.2) is 9.78 Å². The van der Waals surface area contributed by atoms with Crippen LogP contribution < -0.4 is 14.2 Å². The normalized spacial score (nSPS) is 10.5. The van der Waals surface area contributed by atoms with E-state index in [-0.39, 0.29) is 6.61 Å². The smallest absolute Gasteiger partial charge is 0.338 e. The molecule has 3 rings (SSSR count). The molecule has 30 heavy (non-hydrogen) atoms. The minimum absolute atomic E-state index is 0.0866. The number of hydrogen-bond acceptors (Lipinski definition) is 7. The Balaban J connectivity index is 1.75. The third-order valence-corrected chi connectivity index (χ3v) is 5.01. The Kier molecular flexibility index (Phi) is 7.68. The van der Waals surface area contributed by atoms with Gasteiger partial charge in [0.2, 0.25) is 5.75 Å². The summed E-state index contributed by atoms with van der Waals surface area (Å²) in [5.74, 6) is 0.925. The molecule has 0 spiro atoms. The van der Waals surface area contributed by atoms with E-state index >= 15 is 0 Å². The van der Waals surface area contributed by atoms with Gasteiger partial charge in [-0.05, 0) is 32.9 Å². The number of carbonyl (C=O) groups is 1. The van der Waals surface area contributed by atoms with Crippen molar-refractivity contribution in [2.45, 2.75) is 27.4 Å². The molecule has 1 aromatic heterocycles. The molecule has 0 saturated carbocycles. The summed E-state index contributed by atoms with van der Waals surface area (Å²) in [6.07, 6.45) is 0. The molecule has 0 fully saturated rings. The van der Waals surface area contributed by atoms with Crippen LogP contribution in [0, 0.1) is 0 Å². The van der Waals surface area contributed by atoms with Crippen molar-refractivity contribution in [1.82, 2.24) is 4.98 Å². The standard InChI is InChI=1S/C23H25NO5S/c1-4-26-19-12-17(13-20(27-5-2)21(19)28-6-3)23(25)29-14-18-15-30-22(24-18)16-10-8-7-9-11-16/h7-13,15H,4-6,14H2,1-3H3. The predicted octanol–water partition coefficient (Wildman–Crippen LogP) is 5.36. The summed E-state index contributed by atoms with van der Waals surface area (Å²) in [5.41, 5.74) is 2.08. The second-order valence-corrected chi connectivity index (χ2v) is 7.04. The molecule has 0 atom stereocenters. The lowest BCUT2D eigenvalue weighted by Crippen LogP contribution is -2.09. The molecule has 158 valence electrons. The number of thiazole rings is 1. The van der Waals surface area contributed by atoms with E-state index in [1.54, 1.807) is 12.1 Å². The lowest BCUT2D eigenvalue weighted by atomic mass is 10.2. The summed E-state index contributed by atoms with van der Waals surface area (Å²) in [5, 5.41) is 2.78. The van der Waals surface area contributed by atoms with Crippen LogP contribution in [-0.4, -0.2) is 30.8 Å². The SMILES string of the molecule is CCOc1cc(C(=O)OCc2csc(-c3ccccc3)n2)cc(OCC)c1OCC. The number of ether oxygens (including phenoxy) is 4. The summed E-state index contributed by atoms with van der Waals surface area (Å²) in [6.45, 7) is 7.03. The number of rotatable bonds is 10. The number of aromatic nitrogens is 1. The zero-order valence-corrected chi connectivity index (χ0v) is 18.2. The van der Waals surface area contributed by atoms with Gasteiger partial charge in [0.15, 0.2) is 11.5 Å². The zero-order valence-electron chi connectivity index (χ0n) is 17.3. The Morgan fingerprint density at radius 3 is 2.17 bits per heavy atom. The van der Waals surface area contributed by atoms with Gasteiger partial charge in [-0.3, -0.25) is 0 Å². The third kappa shape index (κ3) is 5.30. The first-order valence-corrected chi connectivity index (χ1v) is 10.8. The minimum atomic E-state index is -0.478. The van der Waals surface area contributed by atoms with Crippen molar-refractivity contribution >= 4 is 17.3 Å². The predicted molar refractivity (Wildman–Crippen MR) is 117 cm³/mol. The van der Waals surface area contributed by atoms with E-state index in [1.165, 1.54) is 11.3 Å². The first kappa shape index (κ1) is 21.6. The van der Waals surface area contributed by atoms with E-state index in [2.05, 4.69) is 4.98 Å². The number of carbonyl (C=O) groups excluding carboxylic acids is 1. The highest BCUT2D eigenvalue weighted by Crippen LogP contribution is 2.39. The summed E-state index contributed by atoms with van der Waals surface area (Å²) in [4.78, 5) is 17.2. The molecule has 0 radical (unpaired) electrons. The second-order valence-electron chi connectivity index (χ2n) is 6.19. The number of hydrogen-bond donors (Lipinski definition) is 0. The van der Waals surface area contributed by atoms with Crippen LogP contribution >= 0.6 is 11.3 Å². The summed E-state index contributed by atoms with van der Waals surface area (Å²) in [7, 11) is 0. The maximum atomic E-state index is 12.7. The Bertz CT molecular complexity index is 944. The molecule has 0 bridgehead atoms. The number of benzene rings is 2. The van der Waals surface area contributed by atoms with Gasteiger partial charge in [-0.2, -0.15) is 0 Å². The van der Waals surface area contributed by atoms with E-state index in [0.717, 1.165) is 10.6 Å². The van der Waals surface area contributed by atoms with E-state index in [9.17, 15) is 4.79 Å². The van der Waals surface area contributed by atoms with Gasteiger partial charge in [-0.1, -0.05) is 30.3 Å². The van der Waals surface area contributed by atoms with Crippen molar-refractivity contribution in [3.05, 3.63) is 59.1 Å². The highest BCUT2D eigenvalue weighted by molar-refractivity contribution is 7.13.